The Morgan fingerprint density at radius 1 is 1.43 bits per heavy atom. The van der Waals surface area contributed by atoms with E-state index in [1.807, 2.05) is 20.8 Å². The summed E-state index contributed by atoms with van der Waals surface area (Å²) in [5, 5.41) is 2.83. The molecule has 1 rings (SSSR count). The van der Waals surface area contributed by atoms with E-state index in [0.717, 1.165) is 11.3 Å². The third-order valence-corrected chi connectivity index (χ3v) is 3.28. The number of carbonyl (C=O) groups excluding carboxylic acids is 3. The van der Waals surface area contributed by atoms with E-state index in [1.165, 1.54) is 11.9 Å². The van der Waals surface area contributed by atoms with Crippen molar-refractivity contribution in [1.29, 1.82) is 0 Å². The zero-order valence-electron chi connectivity index (χ0n) is 13.0. The molecule has 1 fully saturated rings. The van der Waals surface area contributed by atoms with Crippen molar-refractivity contribution < 1.29 is 14.4 Å². The van der Waals surface area contributed by atoms with Gasteiger partial charge in [-0.15, -0.1) is 12.4 Å². The summed E-state index contributed by atoms with van der Waals surface area (Å²) in [5.41, 5.74) is 5.19. The maximum Gasteiger partial charge on any atom is 0.327 e. The molecule has 0 radical (unpaired) electrons. The van der Waals surface area contributed by atoms with Gasteiger partial charge in [0.15, 0.2) is 0 Å². The highest BCUT2D eigenvalue weighted by molar-refractivity contribution is 6.04. The number of nitrogens with zero attached hydrogens (tertiary/aromatic N) is 2. The second kappa shape index (κ2) is 7.61. The van der Waals surface area contributed by atoms with Gasteiger partial charge in [0.1, 0.15) is 13.1 Å². The van der Waals surface area contributed by atoms with Crippen LogP contribution in [-0.4, -0.2) is 59.9 Å². The van der Waals surface area contributed by atoms with Crippen molar-refractivity contribution in [2.75, 3.05) is 26.7 Å². The third-order valence-electron chi connectivity index (χ3n) is 3.28. The molecule has 1 aliphatic rings. The first kappa shape index (κ1) is 19.7. The van der Waals surface area contributed by atoms with Crippen molar-refractivity contribution in [3.8, 4) is 0 Å². The summed E-state index contributed by atoms with van der Waals surface area (Å²) in [4.78, 5) is 37.6. The number of amides is 4. The van der Waals surface area contributed by atoms with Crippen LogP contribution in [0.4, 0.5) is 4.79 Å². The maximum absolute atomic E-state index is 12.0. The molecule has 0 spiro atoms. The molecule has 122 valence electrons. The van der Waals surface area contributed by atoms with Gasteiger partial charge in [0.2, 0.25) is 5.91 Å². The first-order chi connectivity index (χ1) is 9.18. The fourth-order valence-electron chi connectivity index (χ4n) is 2.43. The van der Waals surface area contributed by atoms with Crippen LogP contribution in [0.3, 0.4) is 0 Å². The van der Waals surface area contributed by atoms with Crippen molar-refractivity contribution >= 4 is 30.3 Å². The van der Waals surface area contributed by atoms with E-state index >= 15 is 0 Å². The van der Waals surface area contributed by atoms with Gasteiger partial charge >= 0.3 is 6.03 Å². The molecule has 1 atom stereocenters. The summed E-state index contributed by atoms with van der Waals surface area (Å²) in [5.74, 6) is -0.341. The second-order valence-corrected chi connectivity index (χ2v) is 6.03. The first-order valence-corrected chi connectivity index (χ1v) is 6.75. The molecule has 1 aliphatic heterocycles. The summed E-state index contributed by atoms with van der Waals surface area (Å²) in [6.45, 7) is 6.02. The Labute approximate surface area is 131 Å². The Morgan fingerprint density at radius 3 is 2.38 bits per heavy atom. The lowest BCUT2D eigenvalue weighted by molar-refractivity contribution is -0.131. The molecule has 0 aliphatic carbocycles. The van der Waals surface area contributed by atoms with Crippen molar-refractivity contribution in [2.45, 2.75) is 32.7 Å². The van der Waals surface area contributed by atoms with Crippen LogP contribution >= 0.6 is 12.4 Å². The molecule has 0 bridgehead atoms. The molecule has 1 unspecified atom stereocenters. The van der Waals surface area contributed by atoms with Crippen molar-refractivity contribution in [3.63, 3.8) is 0 Å². The number of nitrogens with one attached hydrogen (secondary N) is 1. The van der Waals surface area contributed by atoms with Crippen LogP contribution in [0.15, 0.2) is 0 Å². The van der Waals surface area contributed by atoms with Gasteiger partial charge in [0, 0.05) is 19.1 Å². The SMILES string of the molecule is CC(C)CC(C)(CN)NC(=O)CN1C(=O)CN(C)C1=O.Cl. The summed E-state index contributed by atoms with van der Waals surface area (Å²) in [6, 6.07) is -0.441. The molecule has 21 heavy (non-hydrogen) atoms. The van der Waals surface area contributed by atoms with E-state index in [-0.39, 0.29) is 37.3 Å². The van der Waals surface area contributed by atoms with Crippen LogP contribution in [-0.2, 0) is 9.59 Å². The lowest BCUT2D eigenvalue weighted by atomic mass is 9.91. The Morgan fingerprint density at radius 2 is 2.00 bits per heavy atom. The topological polar surface area (TPSA) is 95.7 Å². The van der Waals surface area contributed by atoms with Gasteiger partial charge in [-0.1, -0.05) is 13.8 Å². The monoisotopic (exact) mass is 320 g/mol. The van der Waals surface area contributed by atoms with Gasteiger partial charge in [-0.3, -0.25) is 14.5 Å². The fourth-order valence-corrected chi connectivity index (χ4v) is 2.43. The molecule has 1 heterocycles. The number of urea groups is 1. The van der Waals surface area contributed by atoms with Gasteiger partial charge in [-0.2, -0.15) is 0 Å². The van der Waals surface area contributed by atoms with E-state index in [0.29, 0.717) is 12.5 Å². The highest BCUT2D eigenvalue weighted by Crippen LogP contribution is 2.15. The van der Waals surface area contributed by atoms with Crippen LogP contribution in [0.1, 0.15) is 27.2 Å². The Kier molecular flexibility index (Phi) is 7.12. The van der Waals surface area contributed by atoms with Crippen molar-refractivity contribution in [1.82, 2.24) is 15.1 Å². The second-order valence-electron chi connectivity index (χ2n) is 6.03. The van der Waals surface area contributed by atoms with Crippen LogP contribution in [0.25, 0.3) is 0 Å². The number of nitrogens with two attached hydrogens (primary N) is 1. The average molecular weight is 321 g/mol. The standard InChI is InChI=1S/C13H24N4O3.ClH/c1-9(2)5-13(3,8-14)15-10(18)6-17-11(19)7-16(4)12(17)20;/h9H,5-8,14H2,1-4H3,(H,15,18);1H. The summed E-state index contributed by atoms with van der Waals surface area (Å²) in [7, 11) is 1.53. The number of hydrogen-bond acceptors (Lipinski definition) is 4. The molecule has 0 aromatic heterocycles. The normalized spacial score (nSPS) is 17.8. The minimum absolute atomic E-state index is 0. The fraction of sp³-hybridized carbons (Fsp3) is 0.769. The molecule has 0 saturated carbocycles. The van der Waals surface area contributed by atoms with Crippen molar-refractivity contribution in [3.05, 3.63) is 0 Å². The molecule has 1 saturated heterocycles. The molecular weight excluding hydrogens is 296 g/mol. The largest absolute Gasteiger partial charge is 0.348 e. The minimum atomic E-state index is -0.525. The van der Waals surface area contributed by atoms with Gasteiger partial charge in [-0.05, 0) is 19.3 Å². The van der Waals surface area contributed by atoms with Crippen molar-refractivity contribution in [2.24, 2.45) is 11.7 Å². The smallest absolute Gasteiger partial charge is 0.327 e. The van der Waals surface area contributed by atoms with E-state index in [2.05, 4.69) is 5.32 Å². The molecule has 8 heteroatoms. The minimum Gasteiger partial charge on any atom is -0.348 e. The summed E-state index contributed by atoms with van der Waals surface area (Å²) < 4.78 is 0. The summed E-state index contributed by atoms with van der Waals surface area (Å²) >= 11 is 0. The first-order valence-electron chi connectivity index (χ1n) is 6.75. The average Bonchev–Trinajstić information content (AvgIpc) is 2.55. The third kappa shape index (κ3) is 5.17. The number of rotatable bonds is 6. The predicted octanol–water partition coefficient (Wildman–Crippen LogP) is 0.182. The maximum atomic E-state index is 12.0. The van der Waals surface area contributed by atoms with Gasteiger partial charge in [0.25, 0.3) is 5.91 Å². The lowest BCUT2D eigenvalue weighted by Crippen LogP contribution is -2.55. The number of carbonyl (C=O) groups is 3. The van der Waals surface area contributed by atoms with Gasteiger partial charge < -0.3 is 16.0 Å². The van der Waals surface area contributed by atoms with Crippen LogP contribution in [0.2, 0.25) is 0 Å². The van der Waals surface area contributed by atoms with Gasteiger partial charge in [0.05, 0.1) is 0 Å². The molecule has 4 amide bonds. The summed E-state index contributed by atoms with van der Waals surface area (Å²) in [6.07, 6.45) is 0.733. The van der Waals surface area contributed by atoms with Crippen LogP contribution in [0.5, 0.6) is 0 Å². The predicted molar refractivity (Wildman–Crippen MR) is 82.0 cm³/mol. The van der Waals surface area contributed by atoms with Crippen LogP contribution in [0, 0.1) is 5.92 Å². The molecular formula is C13H25ClN4O3. The highest BCUT2D eigenvalue weighted by Gasteiger charge is 2.36. The quantitative estimate of drug-likeness (QED) is 0.682. The zero-order valence-corrected chi connectivity index (χ0v) is 13.8. The molecule has 0 aromatic rings. The van der Waals surface area contributed by atoms with E-state index in [1.54, 1.807) is 0 Å². The lowest BCUT2D eigenvalue weighted by Gasteiger charge is -2.31. The van der Waals surface area contributed by atoms with E-state index in [4.69, 9.17) is 5.73 Å². The Balaban J connectivity index is 0.00000400. The Bertz CT molecular complexity index is 416. The van der Waals surface area contributed by atoms with E-state index < -0.39 is 11.6 Å². The van der Waals surface area contributed by atoms with Crippen LogP contribution < -0.4 is 11.1 Å². The van der Waals surface area contributed by atoms with Gasteiger partial charge in [-0.25, -0.2) is 4.79 Å². The zero-order chi connectivity index (χ0) is 15.5. The molecule has 3 N–H and O–H groups in total. The molecule has 0 aromatic carbocycles. The molecule has 7 nitrogen and oxygen atoms in total. The van der Waals surface area contributed by atoms with E-state index in [9.17, 15) is 14.4 Å². The number of halogens is 1. The number of likely N-dealkylation sites (N-methyl/N-ethyl adjacent to an activating group) is 1. The number of imide groups is 1. The number of hydrogen-bond donors (Lipinski definition) is 2. The Hall–Kier alpha value is -1.34. The highest BCUT2D eigenvalue weighted by atomic mass is 35.5.